The number of aromatic amines is 1. The van der Waals surface area contributed by atoms with Crippen LogP contribution in [0, 0.1) is 0 Å². The molecule has 8 nitrogen and oxygen atoms in total. The first-order valence-electron chi connectivity index (χ1n) is 11.1. The van der Waals surface area contributed by atoms with E-state index in [9.17, 15) is 14.4 Å². The zero-order valence-corrected chi connectivity index (χ0v) is 18.0. The fourth-order valence-corrected chi connectivity index (χ4v) is 4.46. The van der Waals surface area contributed by atoms with Crippen molar-refractivity contribution >= 4 is 28.7 Å². The van der Waals surface area contributed by atoms with Crippen molar-refractivity contribution in [2.24, 2.45) is 0 Å². The van der Waals surface area contributed by atoms with Gasteiger partial charge in [-0.05, 0) is 30.5 Å². The number of nitrogens with one attached hydrogen (secondary N) is 2. The molecule has 2 fully saturated rings. The van der Waals surface area contributed by atoms with Gasteiger partial charge in [0.1, 0.15) is 17.8 Å². The molecule has 0 aliphatic carbocycles. The number of fused-ring (bicyclic) bond motifs is 1. The third-order valence-electron chi connectivity index (χ3n) is 6.12. The first kappa shape index (κ1) is 21.2. The van der Waals surface area contributed by atoms with Crippen LogP contribution in [0.15, 0.2) is 60.7 Å². The normalized spacial score (nSPS) is 22.5. The van der Waals surface area contributed by atoms with Crippen LogP contribution in [0.2, 0.25) is 0 Å². The number of cyclic esters (lactones) is 1. The first-order chi connectivity index (χ1) is 16.1. The molecule has 0 spiro atoms. The molecule has 0 radical (unpaired) electrons. The molecule has 0 saturated carbocycles. The van der Waals surface area contributed by atoms with Crippen molar-refractivity contribution in [2.75, 3.05) is 6.54 Å². The van der Waals surface area contributed by atoms with Crippen LogP contribution in [-0.4, -0.2) is 52.6 Å². The Labute approximate surface area is 190 Å². The molecule has 3 heterocycles. The number of H-pyrrole nitrogens is 1. The van der Waals surface area contributed by atoms with Gasteiger partial charge in [-0.1, -0.05) is 48.5 Å². The Kier molecular flexibility index (Phi) is 5.83. The van der Waals surface area contributed by atoms with Gasteiger partial charge < -0.3 is 24.7 Å². The van der Waals surface area contributed by atoms with Crippen LogP contribution in [0.25, 0.3) is 10.9 Å². The van der Waals surface area contributed by atoms with Crippen molar-refractivity contribution < 1.29 is 23.9 Å². The highest BCUT2D eigenvalue weighted by molar-refractivity contribution is 6.00. The third kappa shape index (κ3) is 4.47. The van der Waals surface area contributed by atoms with Gasteiger partial charge in [0, 0.05) is 17.4 Å². The number of likely N-dealkylation sites (tertiary alicyclic amines) is 1. The topological polar surface area (TPSA) is 101 Å². The molecule has 8 heteroatoms. The van der Waals surface area contributed by atoms with Gasteiger partial charge in [-0.15, -0.1) is 0 Å². The monoisotopic (exact) mass is 447 g/mol. The van der Waals surface area contributed by atoms with Crippen molar-refractivity contribution in [3.63, 3.8) is 0 Å². The van der Waals surface area contributed by atoms with E-state index in [1.165, 1.54) is 0 Å². The van der Waals surface area contributed by atoms with Crippen LogP contribution < -0.4 is 5.32 Å². The second kappa shape index (κ2) is 9.07. The Morgan fingerprint density at radius 2 is 1.91 bits per heavy atom. The minimum Gasteiger partial charge on any atom is -0.433 e. The van der Waals surface area contributed by atoms with Crippen LogP contribution in [0.4, 0.5) is 0 Å². The number of amides is 2. The highest BCUT2D eigenvalue weighted by Crippen LogP contribution is 2.24. The van der Waals surface area contributed by atoms with E-state index in [-0.39, 0.29) is 24.8 Å². The maximum Gasteiger partial charge on any atom is 0.310 e. The molecule has 1 unspecified atom stereocenters. The molecule has 2 aromatic carbocycles. The lowest BCUT2D eigenvalue weighted by Crippen LogP contribution is -2.51. The number of carbonyl (C=O) groups is 3. The molecule has 2 aliphatic heterocycles. The number of ether oxygens (including phenoxy) is 2. The summed E-state index contributed by atoms with van der Waals surface area (Å²) in [5.74, 6) is -0.927. The molecule has 33 heavy (non-hydrogen) atoms. The van der Waals surface area contributed by atoms with E-state index in [0.29, 0.717) is 18.7 Å². The van der Waals surface area contributed by atoms with Crippen molar-refractivity contribution in [3.05, 3.63) is 71.9 Å². The fraction of sp³-hybridized carbons (Fsp3) is 0.320. The average Bonchev–Trinajstić information content (AvgIpc) is 3.56. The summed E-state index contributed by atoms with van der Waals surface area (Å²) in [7, 11) is 0. The molecule has 2 aliphatic rings. The maximum absolute atomic E-state index is 13.2. The number of hydrogen-bond donors (Lipinski definition) is 2. The maximum atomic E-state index is 13.2. The summed E-state index contributed by atoms with van der Waals surface area (Å²) in [4.78, 5) is 42.9. The molecular formula is C25H25N3O5. The number of benzene rings is 2. The molecular weight excluding hydrogens is 422 g/mol. The van der Waals surface area contributed by atoms with Gasteiger partial charge in [-0.3, -0.25) is 14.4 Å². The molecule has 170 valence electrons. The van der Waals surface area contributed by atoms with E-state index < -0.39 is 24.3 Å². The second-order valence-corrected chi connectivity index (χ2v) is 8.40. The summed E-state index contributed by atoms with van der Waals surface area (Å²) in [5, 5.41) is 3.83. The molecule has 1 aromatic heterocycles. The molecule has 2 saturated heterocycles. The van der Waals surface area contributed by atoms with E-state index in [2.05, 4.69) is 10.3 Å². The minimum absolute atomic E-state index is 0.0356. The SMILES string of the molecule is O=C1C[C@H](NC(=O)[C@@H]2CCCN2C(=O)c2cc3ccccc3[nH]2)C(OCc2ccccc2)O1. The number of rotatable bonds is 6. The Morgan fingerprint density at radius 3 is 2.73 bits per heavy atom. The van der Waals surface area contributed by atoms with E-state index >= 15 is 0 Å². The summed E-state index contributed by atoms with van der Waals surface area (Å²) < 4.78 is 11.0. The Morgan fingerprint density at radius 1 is 1.12 bits per heavy atom. The van der Waals surface area contributed by atoms with Gasteiger partial charge in [-0.25, -0.2) is 0 Å². The standard InChI is InChI=1S/C25H25N3O5/c29-22-14-20(25(33-22)32-15-16-7-2-1-3-8-16)27-23(30)21-11-6-12-28(21)24(31)19-13-17-9-4-5-10-18(17)26-19/h1-5,7-10,13,20-21,25-26H,6,11-12,14-15H2,(H,27,30)/t20-,21-,25?/m0/s1. The van der Waals surface area contributed by atoms with Gasteiger partial charge in [0.15, 0.2) is 0 Å². The Hall–Kier alpha value is -3.65. The fourth-order valence-electron chi connectivity index (χ4n) is 4.46. The Bertz CT molecular complexity index is 1140. The lowest BCUT2D eigenvalue weighted by Gasteiger charge is -2.26. The van der Waals surface area contributed by atoms with Crippen LogP contribution in [-0.2, 0) is 25.7 Å². The average molecular weight is 447 g/mol. The zero-order valence-electron chi connectivity index (χ0n) is 18.0. The molecule has 3 aromatic rings. The van der Waals surface area contributed by atoms with E-state index in [4.69, 9.17) is 9.47 Å². The van der Waals surface area contributed by atoms with Gasteiger partial charge >= 0.3 is 5.97 Å². The largest absolute Gasteiger partial charge is 0.433 e. The summed E-state index contributed by atoms with van der Waals surface area (Å²) in [6, 6.07) is 17.8. The molecule has 5 rings (SSSR count). The van der Waals surface area contributed by atoms with E-state index in [1.54, 1.807) is 4.90 Å². The van der Waals surface area contributed by atoms with Crippen LogP contribution >= 0.6 is 0 Å². The predicted molar refractivity (Wildman–Crippen MR) is 120 cm³/mol. The van der Waals surface area contributed by atoms with Crippen molar-refractivity contribution in [1.29, 1.82) is 0 Å². The van der Waals surface area contributed by atoms with E-state index in [0.717, 1.165) is 22.9 Å². The van der Waals surface area contributed by atoms with Gasteiger partial charge in [0.25, 0.3) is 5.91 Å². The number of carbonyl (C=O) groups excluding carboxylic acids is 3. The quantitative estimate of drug-likeness (QED) is 0.566. The van der Waals surface area contributed by atoms with Crippen molar-refractivity contribution in [2.45, 2.75) is 44.2 Å². The molecule has 2 amide bonds. The lowest BCUT2D eigenvalue weighted by atomic mass is 10.1. The number of aromatic nitrogens is 1. The smallest absolute Gasteiger partial charge is 0.310 e. The minimum atomic E-state index is -0.860. The molecule has 0 bridgehead atoms. The third-order valence-corrected chi connectivity index (χ3v) is 6.12. The summed E-state index contributed by atoms with van der Waals surface area (Å²) >= 11 is 0. The molecule has 2 N–H and O–H groups in total. The lowest BCUT2D eigenvalue weighted by molar-refractivity contribution is -0.168. The van der Waals surface area contributed by atoms with E-state index in [1.807, 2.05) is 60.7 Å². The van der Waals surface area contributed by atoms with Gasteiger partial charge in [0.05, 0.1) is 13.0 Å². The van der Waals surface area contributed by atoms with Gasteiger partial charge in [0.2, 0.25) is 12.2 Å². The summed E-state index contributed by atoms with van der Waals surface area (Å²) in [6.07, 6.45) is 0.474. The second-order valence-electron chi connectivity index (χ2n) is 8.40. The van der Waals surface area contributed by atoms with Crippen LogP contribution in [0.3, 0.4) is 0 Å². The zero-order chi connectivity index (χ0) is 22.8. The summed E-state index contributed by atoms with van der Waals surface area (Å²) in [6.45, 7) is 0.764. The van der Waals surface area contributed by atoms with Gasteiger partial charge in [-0.2, -0.15) is 0 Å². The van der Waals surface area contributed by atoms with Crippen LogP contribution in [0.5, 0.6) is 0 Å². The molecule has 3 atom stereocenters. The number of hydrogen-bond acceptors (Lipinski definition) is 5. The predicted octanol–water partition coefficient (Wildman–Crippen LogP) is 2.75. The van der Waals surface area contributed by atoms with Crippen molar-refractivity contribution in [1.82, 2.24) is 15.2 Å². The highest BCUT2D eigenvalue weighted by Gasteiger charge is 2.41. The number of para-hydroxylation sites is 1. The Balaban J connectivity index is 1.24. The first-order valence-corrected chi connectivity index (χ1v) is 11.1. The number of esters is 1. The number of nitrogens with zero attached hydrogens (tertiary/aromatic N) is 1. The van der Waals surface area contributed by atoms with Crippen LogP contribution in [0.1, 0.15) is 35.3 Å². The highest BCUT2D eigenvalue weighted by atomic mass is 16.7. The van der Waals surface area contributed by atoms with Crippen molar-refractivity contribution in [3.8, 4) is 0 Å². The summed E-state index contributed by atoms with van der Waals surface area (Å²) in [5.41, 5.74) is 2.27.